The highest BCUT2D eigenvalue weighted by atomic mass is 79.9. The van der Waals surface area contributed by atoms with Crippen molar-refractivity contribution in [3.8, 4) is 11.5 Å². The zero-order valence-corrected chi connectivity index (χ0v) is 12.3. The van der Waals surface area contributed by atoms with Crippen LogP contribution in [0.1, 0.15) is 25.3 Å². The second-order valence-corrected chi connectivity index (χ2v) is 5.35. The van der Waals surface area contributed by atoms with Crippen LogP contribution in [0.5, 0.6) is 0 Å². The molecule has 2 aromatic rings. The third-order valence-electron chi connectivity index (χ3n) is 2.36. The number of hydrogen-bond donors (Lipinski definition) is 1. The summed E-state index contributed by atoms with van der Waals surface area (Å²) in [6.45, 7) is 1.98. The molecule has 0 fully saturated rings. The summed E-state index contributed by atoms with van der Waals surface area (Å²) in [7, 11) is 0. The second kappa shape index (κ2) is 5.29. The fourth-order valence-corrected chi connectivity index (χ4v) is 2.55. The Bertz CT molecular complexity index is 527. The van der Waals surface area contributed by atoms with E-state index in [2.05, 4.69) is 42.1 Å². The molecule has 0 aliphatic heterocycles. The van der Waals surface area contributed by atoms with Crippen molar-refractivity contribution in [2.75, 3.05) is 0 Å². The van der Waals surface area contributed by atoms with E-state index in [1.165, 1.54) is 0 Å². The van der Waals surface area contributed by atoms with E-state index in [-0.39, 0.29) is 6.04 Å². The summed E-state index contributed by atoms with van der Waals surface area (Å²) in [5, 5.41) is 7.96. The van der Waals surface area contributed by atoms with Gasteiger partial charge in [-0.25, -0.2) is 0 Å². The summed E-state index contributed by atoms with van der Waals surface area (Å²) in [6.07, 6.45) is 0.767. The first kappa shape index (κ1) is 12.7. The minimum atomic E-state index is -0.203. The molecule has 0 radical (unpaired) electrons. The topological polar surface area (TPSA) is 64.9 Å². The molecule has 0 saturated carbocycles. The van der Waals surface area contributed by atoms with Gasteiger partial charge in [0, 0.05) is 8.95 Å². The molecular formula is C11H11Br2N3O. The molecule has 1 aromatic heterocycles. The van der Waals surface area contributed by atoms with Gasteiger partial charge >= 0.3 is 0 Å². The lowest BCUT2D eigenvalue weighted by Crippen LogP contribution is -2.08. The summed E-state index contributed by atoms with van der Waals surface area (Å²) < 4.78 is 7.43. The molecule has 0 saturated heterocycles. The van der Waals surface area contributed by atoms with Crippen molar-refractivity contribution in [3.63, 3.8) is 0 Å². The molecule has 4 nitrogen and oxygen atoms in total. The quantitative estimate of drug-likeness (QED) is 0.906. The predicted octanol–water partition coefficient (Wildman–Crippen LogP) is 3.67. The number of aromatic nitrogens is 2. The number of halogens is 2. The molecule has 1 heterocycles. The smallest absolute Gasteiger partial charge is 0.248 e. The molecule has 0 bridgehead atoms. The van der Waals surface area contributed by atoms with Crippen LogP contribution in [0.3, 0.4) is 0 Å². The Morgan fingerprint density at radius 1 is 1.35 bits per heavy atom. The van der Waals surface area contributed by atoms with Gasteiger partial charge in [-0.15, -0.1) is 10.2 Å². The van der Waals surface area contributed by atoms with Crippen LogP contribution < -0.4 is 5.73 Å². The highest BCUT2D eigenvalue weighted by Gasteiger charge is 2.15. The van der Waals surface area contributed by atoms with Gasteiger partial charge in [-0.3, -0.25) is 0 Å². The number of hydrogen-bond acceptors (Lipinski definition) is 4. The Kier molecular flexibility index (Phi) is 3.96. The normalized spacial score (nSPS) is 12.7. The van der Waals surface area contributed by atoms with E-state index in [0.29, 0.717) is 11.8 Å². The monoisotopic (exact) mass is 359 g/mol. The summed E-state index contributed by atoms with van der Waals surface area (Å²) in [5.74, 6) is 0.945. The SMILES string of the molecule is CCC(N)c1nnc(-c2ccc(Br)cc2Br)o1. The maximum absolute atomic E-state index is 5.83. The van der Waals surface area contributed by atoms with E-state index < -0.39 is 0 Å². The van der Waals surface area contributed by atoms with Crippen molar-refractivity contribution in [2.24, 2.45) is 5.73 Å². The Morgan fingerprint density at radius 2 is 2.12 bits per heavy atom. The minimum Gasteiger partial charge on any atom is -0.419 e. The molecule has 0 amide bonds. The van der Waals surface area contributed by atoms with E-state index in [4.69, 9.17) is 10.2 Å². The number of benzene rings is 1. The number of nitrogens with zero attached hydrogens (tertiary/aromatic N) is 2. The number of rotatable bonds is 3. The Morgan fingerprint density at radius 3 is 2.76 bits per heavy atom. The Labute approximate surface area is 116 Å². The first-order chi connectivity index (χ1) is 8.11. The van der Waals surface area contributed by atoms with Crippen molar-refractivity contribution in [1.82, 2.24) is 10.2 Å². The third-order valence-corrected chi connectivity index (χ3v) is 3.51. The molecule has 1 atom stereocenters. The van der Waals surface area contributed by atoms with Crippen molar-refractivity contribution in [2.45, 2.75) is 19.4 Å². The molecule has 17 heavy (non-hydrogen) atoms. The van der Waals surface area contributed by atoms with Crippen molar-refractivity contribution in [3.05, 3.63) is 33.0 Å². The standard InChI is InChI=1S/C11H11Br2N3O/c1-2-9(14)11-16-15-10(17-11)7-4-3-6(12)5-8(7)13/h3-5,9H,2,14H2,1H3. The van der Waals surface area contributed by atoms with E-state index >= 15 is 0 Å². The fraction of sp³-hybridized carbons (Fsp3) is 0.273. The van der Waals surface area contributed by atoms with Gasteiger partial charge in [0.25, 0.3) is 0 Å². The first-order valence-corrected chi connectivity index (χ1v) is 6.74. The molecule has 90 valence electrons. The maximum atomic E-state index is 5.83. The van der Waals surface area contributed by atoms with Crippen molar-refractivity contribution >= 4 is 31.9 Å². The van der Waals surface area contributed by atoms with Gasteiger partial charge in [-0.05, 0) is 40.5 Å². The molecular weight excluding hydrogens is 350 g/mol. The summed E-state index contributed by atoms with van der Waals surface area (Å²) in [4.78, 5) is 0. The van der Waals surface area contributed by atoms with Crippen LogP contribution >= 0.6 is 31.9 Å². The van der Waals surface area contributed by atoms with Gasteiger partial charge in [0.15, 0.2) is 0 Å². The van der Waals surface area contributed by atoms with E-state index in [1.54, 1.807) is 0 Å². The van der Waals surface area contributed by atoms with Gasteiger partial charge in [0.1, 0.15) is 0 Å². The largest absolute Gasteiger partial charge is 0.419 e. The van der Waals surface area contributed by atoms with Crippen molar-refractivity contribution in [1.29, 1.82) is 0 Å². The molecule has 1 aromatic carbocycles. The predicted molar refractivity (Wildman–Crippen MR) is 72.4 cm³/mol. The lowest BCUT2D eigenvalue weighted by Gasteiger charge is -2.01. The van der Waals surface area contributed by atoms with Crippen LogP contribution in [0.2, 0.25) is 0 Å². The zero-order chi connectivity index (χ0) is 12.4. The molecule has 2 rings (SSSR count). The lowest BCUT2D eigenvalue weighted by molar-refractivity contribution is 0.452. The van der Waals surface area contributed by atoms with Gasteiger partial charge < -0.3 is 10.2 Å². The fourth-order valence-electron chi connectivity index (χ4n) is 1.33. The summed E-state index contributed by atoms with van der Waals surface area (Å²) >= 11 is 6.85. The number of nitrogens with two attached hydrogens (primary N) is 1. The van der Waals surface area contributed by atoms with Crippen LogP contribution in [0.4, 0.5) is 0 Å². The highest BCUT2D eigenvalue weighted by Crippen LogP contribution is 2.30. The Hall–Kier alpha value is -0.720. The van der Waals surface area contributed by atoms with Gasteiger partial charge in [-0.1, -0.05) is 22.9 Å². The molecule has 0 aliphatic carbocycles. The minimum absolute atomic E-state index is 0.203. The molecule has 0 spiro atoms. The van der Waals surface area contributed by atoms with E-state index in [1.807, 2.05) is 25.1 Å². The average molecular weight is 361 g/mol. The molecule has 6 heteroatoms. The summed E-state index contributed by atoms with van der Waals surface area (Å²) in [5.41, 5.74) is 6.69. The van der Waals surface area contributed by atoms with Crippen LogP contribution in [-0.4, -0.2) is 10.2 Å². The Balaban J connectivity index is 2.37. The molecule has 1 unspecified atom stereocenters. The highest BCUT2D eigenvalue weighted by molar-refractivity contribution is 9.11. The zero-order valence-electron chi connectivity index (χ0n) is 9.15. The van der Waals surface area contributed by atoms with E-state index in [9.17, 15) is 0 Å². The second-order valence-electron chi connectivity index (χ2n) is 3.58. The first-order valence-electron chi connectivity index (χ1n) is 5.16. The maximum Gasteiger partial charge on any atom is 0.248 e. The van der Waals surface area contributed by atoms with Crippen LogP contribution in [0, 0.1) is 0 Å². The van der Waals surface area contributed by atoms with Gasteiger partial charge in [0.05, 0.1) is 11.6 Å². The van der Waals surface area contributed by atoms with Crippen LogP contribution in [0.15, 0.2) is 31.6 Å². The molecule has 0 aliphatic rings. The van der Waals surface area contributed by atoms with Gasteiger partial charge in [-0.2, -0.15) is 0 Å². The van der Waals surface area contributed by atoms with Gasteiger partial charge in [0.2, 0.25) is 11.8 Å². The third kappa shape index (κ3) is 2.75. The lowest BCUT2D eigenvalue weighted by atomic mass is 10.2. The van der Waals surface area contributed by atoms with Crippen LogP contribution in [0.25, 0.3) is 11.5 Å². The summed E-state index contributed by atoms with van der Waals surface area (Å²) in [6, 6.07) is 5.55. The van der Waals surface area contributed by atoms with Crippen LogP contribution in [-0.2, 0) is 0 Å². The molecule has 2 N–H and O–H groups in total. The van der Waals surface area contributed by atoms with Crippen molar-refractivity contribution < 1.29 is 4.42 Å². The van der Waals surface area contributed by atoms with E-state index in [0.717, 1.165) is 20.9 Å². The average Bonchev–Trinajstić information content (AvgIpc) is 2.77.